The maximum Gasteiger partial charge on any atom is 0.433 e. The minimum atomic E-state index is -4.67. The zero-order valence-corrected chi connectivity index (χ0v) is 47.8. The molecule has 5 aromatic rings. The van der Waals surface area contributed by atoms with Gasteiger partial charge in [0.15, 0.2) is 0 Å². The number of hydrogen-bond acceptors (Lipinski definition) is 10. The standard InChI is InChI=1S/C63H80F3N9O6/c1-39(67-5)57(76)71-56(61(2,3)4)60(79)74-37-44-30-47(24-21-43(44)32-53(74)59(78)69-49-16-9-14-42-13-7-8-15-48(42)49)81-29-11-12-41-34-62(35-41)25-27-73(28-26-62)36-40-19-22-46(23-20-40)75-38-45-31-52(54(80-6)33-51(45)72-75)70-58(77)50-17-10-18-55(68-50)63(64,65)66/h7-8,10,13,15,17-18,21,24,30-31,33,38-41,46,49,53,56,67H,9,11-12,14,16,19-20,22-23,25-29,32,34-37H2,1-6H3,(H,69,78)(H,70,77)(H,71,76)/t39-,40?,46?,49+,53-,56+/m0/s1. The van der Waals surface area contributed by atoms with Gasteiger partial charge in [-0.1, -0.05) is 57.2 Å². The number of ether oxygens (including phenoxy) is 2. The number of piperidine rings is 1. The summed E-state index contributed by atoms with van der Waals surface area (Å²) in [6.45, 7) is 11.8. The lowest BCUT2D eigenvalue weighted by atomic mass is 9.56. The summed E-state index contributed by atoms with van der Waals surface area (Å²) in [5.41, 5.74) is 3.74. The Morgan fingerprint density at radius 3 is 2.37 bits per heavy atom. The van der Waals surface area contributed by atoms with Gasteiger partial charge in [0.2, 0.25) is 17.7 Å². The van der Waals surface area contributed by atoms with E-state index in [1.165, 1.54) is 44.4 Å². The van der Waals surface area contributed by atoms with E-state index in [-0.39, 0.29) is 42.0 Å². The van der Waals surface area contributed by atoms with Crippen LogP contribution in [0.25, 0.3) is 10.9 Å². The first kappa shape index (κ1) is 57.7. The van der Waals surface area contributed by atoms with E-state index < -0.39 is 41.3 Å². The van der Waals surface area contributed by atoms with Crippen LogP contribution in [0.5, 0.6) is 11.5 Å². The van der Waals surface area contributed by atoms with Crippen LogP contribution in [0.3, 0.4) is 0 Å². The lowest BCUT2D eigenvalue weighted by Crippen LogP contribution is -2.62. The topological polar surface area (TPSA) is 172 Å². The zero-order chi connectivity index (χ0) is 57.2. The number of pyridine rings is 1. The molecule has 10 rings (SSSR count). The molecule has 15 nitrogen and oxygen atoms in total. The van der Waals surface area contributed by atoms with Crippen LogP contribution in [0.1, 0.15) is 155 Å². The van der Waals surface area contributed by atoms with Gasteiger partial charge in [-0.05, 0) is 186 Å². The minimum Gasteiger partial charge on any atom is -0.494 e. The highest BCUT2D eigenvalue weighted by atomic mass is 19.4. The predicted molar refractivity (Wildman–Crippen MR) is 305 cm³/mol. The van der Waals surface area contributed by atoms with Gasteiger partial charge in [0.05, 0.1) is 43.0 Å². The van der Waals surface area contributed by atoms with Crippen molar-refractivity contribution in [3.8, 4) is 11.5 Å². The van der Waals surface area contributed by atoms with Gasteiger partial charge in [-0.15, -0.1) is 0 Å². The van der Waals surface area contributed by atoms with Gasteiger partial charge in [-0.3, -0.25) is 23.9 Å². The van der Waals surface area contributed by atoms with Crippen molar-refractivity contribution in [2.24, 2.45) is 22.7 Å². The van der Waals surface area contributed by atoms with Crippen molar-refractivity contribution < 1.29 is 41.8 Å². The van der Waals surface area contributed by atoms with E-state index in [1.807, 2.05) is 55.9 Å². The number of carbonyl (C=O) groups is 4. The van der Waals surface area contributed by atoms with E-state index >= 15 is 0 Å². The fourth-order valence-corrected chi connectivity index (χ4v) is 13.4. The van der Waals surface area contributed by atoms with Crippen molar-refractivity contribution in [2.75, 3.05) is 45.7 Å². The number of alkyl halides is 3. The predicted octanol–water partition coefficient (Wildman–Crippen LogP) is 10.4. The minimum absolute atomic E-state index is 0.134. The Hall–Kier alpha value is -6.53. The highest BCUT2D eigenvalue weighted by Crippen LogP contribution is 2.54. The van der Waals surface area contributed by atoms with E-state index in [9.17, 15) is 32.3 Å². The summed E-state index contributed by atoms with van der Waals surface area (Å²) in [6, 6.07) is 19.1. The van der Waals surface area contributed by atoms with E-state index in [4.69, 9.17) is 14.6 Å². The highest BCUT2D eigenvalue weighted by Gasteiger charge is 2.46. The Morgan fingerprint density at radius 1 is 0.877 bits per heavy atom. The average molecular weight is 1120 g/mol. The molecule has 3 aromatic carbocycles. The quantitative estimate of drug-likeness (QED) is 0.0657. The third-order valence-electron chi connectivity index (χ3n) is 18.3. The number of likely N-dealkylation sites (tertiary alicyclic amines) is 1. The Kier molecular flexibility index (Phi) is 17.2. The number of hydrogen-bond donors (Lipinski definition) is 4. The molecule has 5 aliphatic rings. The molecular weight excluding hydrogens is 1040 g/mol. The molecule has 3 aliphatic carbocycles. The fourth-order valence-electron chi connectivity index (χ4n) is 13.4. The molecule has 0 bridgehead atoms. The molecule has 4 atom stereocenters. The molecule has 0 unspecified atom stereocenters. The van der Waals surface area contributed by atoms with Crippen molar-refractivity contribution in [2.45, 2.75) is 161 Å². The maximum atomic E-state index is 14.8. The number of nitrogens with one attached hydrogen (secondary N) is 4. The smallest absolute Gasteiger partial charge is 0.433 e. The van der Waals surface area contributed by atoms with Crippen molar-refractivity contribution >= 4 is 40.2 Å². The number of anilines is 1. The molecule has 81 heavy (non-hydrogen) atoms. The molecule has 1 spiro atoms. The number of aromatic nitrogens is 3. The molecule has 2 aromatic heterocycles. The summed E-state index contributed by atoms with van der Waals surface area (Å²) >= 11 is 0. The van der Waals surface area contributed by atoms with Gasteiger partial charge in [-0.25, -0.2) is 4.98 Å². The molecule has 3 fully saturated rings. The Labute approximate surface area is 473 Å². The lowest BCUT2D eigenvalue weighted by Gasteiger charge is -2.53. The van der Waals surface area contributed by atoms with Crippen molar-refractivity contribution in [3.63, 3.8) is 0 Å². The van der Waals surface area contributed by atoms with E-state index in [0.717, 1.165) is 117 Å². The number of aryl methyl sites for hydroxylation is 1. The third-order valence-corrected chi connectivity index (χ3v) is 18.3. The largest absolute Gasteiger partial charge is 0.494 e. The number of halogens is 3. The monoisotopic (exact) mass is 1120 g/mol. The van der Waals surface area contributed by atoms with Crippen molar-refractivity contribution in [1.29, 1.82) is 0 Å². The Morgan fingerprint density at radius 2 is 1.64 bits per heavy atom. The molecule has 18 heteroatoms. The highest BCUT2D eigenvalue weighted by molar-refractivity contribution is 6.05. The summed E-state index contributed by atoms with van der Waals surface area (Å²) in [7, 11) is 3.18. The molecule has 4 N–H and O–H groups in total. The number of fused-ring (bicyclic) bond motifs is 3. The number of amides is 4. The number of rotatable bonds is 17. The molecule has 2 saturated carbocycles. The molecule has 2 aliphatic heterocycles. The number of nitrogens with zero attached hydrogens (tertiary/aromatic N) is 5. The van der Waals surface area contributed by atoms with Gasteiger partial charge >= 0.3 is 6.18 Å². The van der Waals surface area contributed by atoms with Crippen LogP contribution < -0.4 is 30.7 Å². The summed E-state index contributed by atoms with van der Waals surface area (Å²) in [5, 5.41) is 17.7. The Balaban J connectivity index is 0.675. The van der Waals surface area contributed by atoms with E-state index in [1.54, 1.807) is 31.0 Å². The summed E-state index contributed by atoms with van der Waals surface area (Å²) in [6.07, 6.45) is 11.9. The molecule has 4 heterocycles. The second kappa shape index (κ2) is 24.1. The van der Waals surface area contributed by atoms with Gasteiger partial charge in [0, 0.05) is 37.2 Å². The lowest BCUT2D eigenvalue weighted by molar-refractivity contribution is -0.147. The zero-order valence-electron chi connectivity index (χ0n) is 47.8. The van der Waals surface area contributed by atoms with Gasteiger partial charge in [0.1, 0.15) is 35.0 Å². The molecule has 4 amide bonds. The SMILES string of the molecule is CN[C@@H](C)C(=O)N[C@H](C(=O)N1Cc2cc(OCCCC3CC4(CCN(CC5CCC(n6cc7cc(NC(=O)c8cccc(C(F)(F)F)n8)c(OC)cc7n6)CC5)CC4)C3)ccc2C[C@H]1C(=O)N[C@@H]1CCCc2ccccc21)C(C)(C)C. The first-order valence-electron chi connectivity index (χ1n) is 29.3. The molecule has 0 radical (unpaired) electrons. The second-order valence-corrected chi connectivity index (χ2v) is 24.9. The van der Waals surface area contributed by atoms with Gasteiger partial charge in [0.25, 0.3) is 5.91 Å². The van der Waals surface area contributed by atoms with E-state index in [2.05, 4.69) is 49.4 Å². The summed E-state index contributed by atoms with van der Waals surface area (Å²) in [4.78, 5) is 63.4. The van der Waals surface area contributed by atoms with Crippen LogP contribution in [0, 0.1) is 22.7 Å². The normalized spacial score (nSPS) is 22.0. The van der Waals surface area contributed by atoms with E-state index in [0.29, 0.717) is 47.2 Å². The van der Waals surface area contributed by atoms with Crippen LogP contribution in [0.4, 0.5) is 18.9 Å². The maximum absolute atomic E-state index is 14.8. The number of likely N-dealkylation sites (N-methyl/N-ethyl adjacent to an activating group) is 1. The van der Waals surface area contributed by atoms with Gasteiger partial charge < -0.3 is 40.5 Å². The number of methoxy groups -OCH3 is 1. The fraction of sp³-hybridized carbons (Fsp3) is 0.556. The molecular formula is C63H80F3N9O6. The van der Waals surface area contributed by atoms with Crippen LogP contribution in [0.15, 0.2) is 79.0 Å². The van der Waals surface area contributed by atoms with Crippen LogP contribution in [-0.4, -0.2) is 107 Å². The summed E-state index contributed by atoms with van der Waals surface area (Å²) < 4.78 is 53.8. The average Bonchev–Trinajstić information content (AvgIpc) is 4.07. The Bertz CT molecular complexity index is 3080. The van der Waals surface area contributed by atoms with Crippen LogP contribution in [0.2, 0.25) is 0 Å². The molecule has 434 valence electrons. The van der Waals surface area contributed by atoms with Crippen LogP contribution >= 0.6 is 0 Å². The van der Waals surface area contributed by atoms with Gasteiger partial charge in [-0.2, -0.15) is 18.3 Å². The summed E-state index contributed by atoms with van der Waals surface area (Å²) in [5.74, 6) is 0.958. The van der Waals surface area contributed by atoms with Crippen molar-refractivity contribution in [3.05, 3.63) is 113 Å². The number of benzene rings is 3. The van der Waals surface area contributed by atoms with Crippen LogP contribution in [-0.2, 0) is 39.9 Å². The number of carbonyl (C=O) groups excluding carboxylic acids is 4. The van der Waals surface area contributed by atoms with Crippen molar-refractivity contribution in [1.82, 2.24) is 40.5 Å². The molecule has 1 saturated heterocycles. The first-order valence-corrected chi connectivity index (χ1v) is 29.3. The third kappa shape index (κ3) is 13.2. The second-order valence-electron chi connectivity index (χ2n) is 24.9. The first-order chi connectivity index (χ1) is 38.8.